The van der Waals surface area contributed by atoms with Crippen molar-refractivity contribution in [3.05, 3.63) is 95.1 Å². The van der Waals surface area contributed by atoms with Crippen molar-refractivity contribution in [2.45, 2.75) is 25.8 Å². The molecule has 0 bridgehead atoms. The monoisotopic (exact) mass is 412 g/mol. The lowest BCUT2D eigenvalue weighted by atomic mass is 9.94. The van der Waals surface area contributed by atoms with Crippen LogP contribution in [0.1, 0.15) is 33.5 Å². The molecular weight excluding hydrogens is 384 g/mol. The van der Waals surface area contributed by atoms with Gasteiger partial charge in [0, 0.05) is 25.6 Å². The predicted molar refractivity (Wildman–Crippen MR) is 124 cm³/mol. The lowest BCUT2D eigenvalue weighted by Gasteiger charge is -2.16. The van der Waals surface area contributed by atoms with E-state index >= 15 is 0 Å². The van der Waals surface area contributed by atoms with E-state index in [1.54, 1.807) is 11.9 Å². The van der Waals surface area contributed by atoms with E-state index in [4.69, 9.17) is 5.73 Å². The molecule has 0 fully saturated rings. The summed E-state index contributed by atoms with van der Waals surface area (Å²) in [7, 11) is 1.76. The molecule has 0 saturated carbocycles. The molecule has 0 spiro atoms. The number of hydrogen-bond acceptors (Lipinski definition) is 3. The minimum Gasteiger partial charge on any atom is -0.340 e. The molecule has 4 heteroatoms. The number of hydrogen-bond donors (Lipinski definition) is 1. The fourth-order valence-corrected chi connectivity index (χ4v) is 4.39. The first-order valence-electron chi connectivity index (χ1n) is 10.8. The lowest BCUT2D eigenvalue weighted by Crippen LogP contribution is -2.32. The van der Waals surface area contributed by atoms with Gasteiger partial charge in [0.05, 0.1) is 6.54 Å². The average molecular weight is 413 g/mol. The second-order valence-electron chi connectivity index (χ2n) is 8.40. The molecule has 0 radical (unpaired) electrons. The first-order valence-corrected chi connectivity index (χ1v) is 10.8. The number of carbonyl (C=O) groups excluding carboxylic acids is 2. The summed E-state index contributed by atoms with van der Waals surface area (Å²) < 4.78 is 0. The number of Topliss-reactive ketones (excluding diaryl/α,β-unsaturated/α-hetero) is 1. The summed E-state index contributed by atoms with van der Waals surface area (Å²) in [6.07, 6.45) is 2.58. The Kier molecular flexibility index (Phi) is 6.28. The SMILES string of the molecule is CN(Cc1cccc(-c2ccc(C(=O)CC3Cc4ccccc4C3)cc2)c1)C(=O)CN. The molecule has 4 rings (SSSR count). The van der Waals surface area contributed by atoms with Crippen LogP contribution in [0, 0.1) is 5.92 Å². The van der Waals surface area contributed by atoms with Gasteiger partial charge in [0.25, 0.3) is 0 Å². The predicted octanol–water partition coefficient (Wildman–Crippen LogP) is 4.26. The number of nitrogens with two attached hydrogens (primary N) is 1. The van der Waals surface area contributed by atoms with Gasteiger partial charge >= 0.3 is 0 Å². The van der Waals surface area contributed by atoms with Crippen LogP contribution < -0.4 is 5.73 Å². The molecule has 1 amide bonds. The van der Waals surface area contributed by atoms with Crippen LogP contribution in [0.2, 0.25) is 0 Å². The molecule has 31 heavy (non-hydrogen) atoms. The van der Waals surface area contributed by atoms with Gasteiger partial charge in [-0.3, -0.25) is 9.59 Å². The van der Waals surface area contributed by atoms with Crippen molar-refractivity contribution >= 4 is 11.7 Å². The van der Waals surface area contributed by atoms with Gasteiger partial charge in [0.1, 0.15) is 0 Å². The van der Waals surface area contributed by atoms with Gasteiger partial charge < -0.3 is 10.6 Å². The van der Waals surface area contributed by atoms with E-state index in [0.717, 1.165) is 35.1 Å². The van der Waals surface area contributed by atoms with Crippen LogP contribution in [0.25, 0.3) is 11.1 Å². The van der Waals surface area contributed by atoms with Crippen molar-refractivity contribution < 1.29 is 9.59 Å². The molecule has 0 saturated heterocycles. The van der Waals surface area contributed by atoms with Gasteiger partial charge in [-0.05, 0) is 52.6 Å². The number of likely N-dealkylation sites (N-methyl/N-ethyl adjacent to an activating group) is 1. The van der Waals surface area contributed by atoms with Crippen LogP contribution in [-0.2, 0) is 24.2 Å². The average Bonchev–Trinajstić information content (AvgIpc) is 3.21. The molecule has 0 heterocycles. The Morgan fingerprint density at radius 2 is 1.58 bits per heavy atom. The van der Waals surface area contributed by atoms with Crippen molar-refractivity contribution in [1.82, 2.24) is 4.90 Å². The minimum absolute atomic E-state index is 0.0125. The Balaban J connectivity index is 1.41. The quantitative estimate of drug-likeness (QED) is 0.590. The summed E-state index contributed by atoms with van der Waals surface area (Å²) in [6.45, 7) is 0.531. The highest BCUT2D eigenvalue weighted by molar-refractivity contribution is 5.96. The Morgan fingerprint density at radius 3 is 2.23 bits per heavy atom. The molecule has 2 N–H and O–H groups in total. The van der Waals surface area contributed by atoms with Crippen LogP contribution in [-0.4, -0.2) is 30.2 Å². The maximum Gasteiger partial charge on any atom is 0.236 e. The molecule has 0 aliphatic heterocycles. The first-order chi connectivity index (χ1) is 15.0. The van der Waals surface area contributed by atoms with Crippen molar-refractivity contribution in [3.8, 4) is 11.1 Å². The second kappa shape index (κ2) is 9.27. The highest BCUT2D eigenvalue weighted by atomic mass is 16.2. The fourth-order valence-electron chi connectivity index (χ4n) is 4.39. The van der Waals surface area contributed by atoms with E-state index in [1.807, 2.05) is 42.5 Å². The molecule has 1 aliphatic rings. The summed E-state index contributed by atoms with van der Waals surface area (Å²) in [6, 6.07) is 24.5. The number of nitrogens with zero attached hydrogens (tertiary/aromatic N) is 1. The Labute approximate surface area is 183 Å². The summed E-state index contributed by atoms with van der Waals surface area (Å²) in [5, 5.41) is 0. The molecule has 158 valence electrons. The molecular formula is C27H28N2O2. The van der Waals surface area contributed by atoms with Gasteiger partial charge in [-0.15, -0.1) is 0 Å². The van der Waals surface area contributed by atoms with E-state index in [0.29, 0.717) is 18.9 Å². The van der Waals surface area contributed by atoms with Crippen molar-refractivity contribution in [1.29, 1.82) is 0 Å². The number of fused-ring (bicyclic) bond motifs is 1. The third-order valence-electron chi connectivity index (χ3n) is 6.10. The molecule has 4 nitrogen and oxygen atoms in total. The van der Waals surface area contributed by atoms with E-state index < -0.39 is 0 Å². The largest absolute Gasteiger partial charge is 0.340 e. The first kappa shape index (κ1) is 21.0. The normalized spacial score (nSPS) is 13.1. The Morgan fingerprint density at radius 1 is 0.903 bits per heavy atom. The van der Waals surface area contributed by atoms with Crippen LogP contribution in [0.15, 0.2) is 72.8 Å². The molecule has 0 unspecified atom stereocenters. The van der Waals surface area contributed by atoms with Gasteiger partial charge in [-0.25, -0.2) is 0 Å². The van der Waals surface area contributed by atoms with E-state index in [9.17, 15) is 9.59 Å². The highest BCUT2D eigenvalue weighted by Crippen LogP contribution is 2.30. The lowest BCUT2D eigenvalue weighted by molar-refractivity contribution is -0.128. The third-order valence-corrected chi connectivity index (χ3v) is 6.10. The zero-order chi connectivity index (χ0) is 21.8. The summed E-state index contributed by atoms with van der Waals surface area (Å²) >= 11 is 0. The Hall–Kier alpha value is -3.24. The second-order valence-corrected chi connectivity index (χ2v) is 8.40. The van der Waals surface area contributed by atoms with Crippen LogP contribution in [0.5, 0.6) is 0 Å². The van der Waals surface area contributed by atoms with Crippen LogP contribution in [0.3, 0.4) is 0 Å². The standard InChI is InChI=1S/C27H28N2O2/c1-29(27(31)17-28)18-19-5-4-8-23(13-19)21-9-11-22(12-10-21)26(30)16-20-14-24-6-2-3-7-25(24)15-20/h2-13,20H,14-18,28H2,1H3. The van der Waals surface area contributed by atoms with Gasteiger partial charge in [-0.1, -0.05) is 66.7 Å². The highest BCUT2D eigenvalue weighted by Gasteiger charge is 2.23. The topological polar surface area (TPSA) is 63.4 Å². The number of rotatable bonds is 7. The summed E-state index contributed by atoms with van der Waals surface area (Å²) in [4.78, 5) is 26.2. The van der Waals surface area contributed by atoms with Crippen LogP contribution >= 0.6 is 0 Å². The zero-order valence-electron chi connectivity index (χ0n) is 17.9. The number of ketones is 1. The zero-order valence-corrected chi connectivity index (χ0v) is 17.9. The van der Waals surface area contributed by atoms with E-state index in [2.05, 4.69) is 30.3 Å². The fraction of sp³-hybridized carbons (Fsp3) is 0.259. The van der Waals surface area contributed by atoms with Crippen molar-refractivity contribution in [3.63, 3.8) is 0 Å². The molecule has 0 aromatic heterocycles. The minimum atomic E-state index is -0.0846. The van der Waals surface area contributed by atoms with Gasteiger partial charge in [0.15, 0.2) is 5.78 Å². The molecule has 3 aromatic rings. The maximum atomic E-state index is 12.8. The Bertz CT molecular complexity index is 1060. The van der Waals surface area contributed by atoms with Crippen molar-refractivity contribution in [2.24, 2.45) is 11.7 Å². The summed E-state index contributed by atoms with van der Waals surface area (Å²) in [5.74, 6) is 0.521. The van der Waals surface area contributed by atoms with Gasteiger partial charge in [-0.2, -0.15) is 0 Å². The van der Waals surface area contributed by atoms with E-state index in [-0.39, 0.29) is 18.2 Å². The third kappa shape index (κ3) is 4.92. The maximum absolute atomic E-state index is 12.8. The molecule has 1 aliphatic carbocycles. The number of amides is 1. The number of benzene rings is 3. The molecule has 0 atom stereocenters. The van der Waals surface area contributed by atoms with Crippen molar-refractivity contribution in [2.75, 3.05) is 13.6 Å². The number of carbonyl (C=O) groups is 2. The van der Waals surface area contributed by atoms with E-state index in [1.165, 1.54) is 11.1 Å². The van der Waals surface area contributed by atoms with Gasteiger partial charge in [0.2, 0.25) is 5.91 Å². The van der Waals surface area contributed by atoms with Crippen LogP contribution in [0.4, 0.5) is 0 Å². The summed E-state index contributed by atoms with van der Waals surface area (Å²) in [5.41, 5.74) is 12.1. The smallest absolute Gasteiger partial charge is 0.236 e. The molecule has 3 aromatic carbocycles.